The number of anilines is 3. The molecule has 9 amide bonds. The Morgan fingerprint density at radius 1 is 0.466 bits per heavy atom. The predicted octanol–water partition coefficient (Wildman–Crippen LogP) is 9.73. The van der Waals surface area contributed by atoms with Crippen LogP contribution < -0.4 is 20.0 Å². The number of hydrogen-bond donors (Lipinski definition) is 1. The molecule has 3 aliphatic heterocycles. The molecule has 3 aliphatic rings. The number of nitro benzene ring substituents is 3. The number of benzene rings is 3. The van der Waals surface area contributed by atoms with Crippen molar-refractivity contribution in [3.63, 3.8) is 0 Å². The van der Waals surface area contributed by atoms with E-state index in [2.05, 4.69) is 5.32 Å². The average Bonchev–Trinajstić information content (AvgIpc) is 3.66. The zero-order chi connectivity index (χ0) is 55.3. The number of halogens is 9. The summed E-state index contributed by atoms with van der Waals surface area (Å²) in [5.74, 6) is -2.39. The van der Waals surface area contributed by atoms with Gasteiger partial charge in [0.15, 0.2) is 0 Å². The van der Waals surface area contributed by atoms with E-state index in [1.807, 2.05) is 0 Å². The number of unbranched alkanes of at least 4 members (excludes halogenated alkanes) is 4. The third kappa shape index (κ3) is 11.0. The van der Waals surface area contributed by atoms with E-state index in [9.17, 15) is 98.6 Å². The van der Waals surface area contributed by atoms with Gasteiger partial charge in [-0.15, -0.1) is 0 Å². The van der Waals surface area contributed by atoms with Crippen molar-refractivity contribution in [3.05, 3.63) is 102 Å². The van der Waals surface area contributed by atoms with E-state index in [4.69, 9.17) is 0 Å². The number of carbonyl (C=O) groups excluding carboxylic acids is 6. The first-order chi connectivity index (χ1) is 33.4. The monoisotopic (exact) mass is 1050 g/mol. The Hall–Kier alpha value is -7.95. The van der Waals surface area contributed by atoms with E-state index in [0.29, 0.717) is 83.2 Å². The lowest BCUT2D eigenvalue weighted by molar-refractivity contribution is -0.388. The summed E-state index contributed by atoms with van der Waals surface area (Å²) in [6.07, 6.45) is -12.9. The van der Waals surface area contributed by atoms with E-state index in [1.54, 1.807) is 0 Å². The molecule has 0 unspecified atom stereocenters. The molecule has 0 atom stereocenters. The Balaban J connectivity index is 0.000000373. The second kappa shape index (κ2) is 19.6. The van der Waals surface area contributed by atoms with Gasteiger partial charge >= 0.3 is 36.6 Å². The molecule has 6 rings (SSSR count). The number of imide groups is 3. The summed E-state index contributed by atoms with van der Waals surface area (Å²) in [5, 5.41) is 35.2. The maximum Gasteiger partial charge on any atom is 0.423 e. The average molecular weight is 1050 g/mol. The first kappa shape index (κ1) is 56.0. The number of amides is 9. The molecule has 73 heavy (non-hydrogen) atoms. The van der Waals surface area contributed by atoms with E-state index in [0.717, 1.165) is 18.2 Å². The van der Waals surface area contributed by atoms with Crippen molar-refractivity contribution in [1.29, 1.82) is 0 Å². The smallest absolute Gasteiger partial charge is 0.323 e. The molecule has 0 aliphatic carbocycles. The van der Waals surface area contributed by atoms with Crippen LogP contribution >= 0.6 is 0 Å². The number of nitrogens with one attached hydrogen (secondary N) is 1. The van der Waals surface area contributed by atoms with Gasteiger partial charge in [0.1, 0.15) is 33.3 Å². The highest BCUT2D eigenvalue weighted by atomic mass is 19.4. The van der Waals surface area contributed by atoms with E-state index < -0.39 is 131 Å². The van der Waals surface area contributed by atoms with Gasteiger partial charge in [0.05, 0.1) is 31.8 Å². The van der Waals surface area contributed by atoms with Gasteiger partial charge < -0.3 is 15.1 Å². The van der Waals surface area contributed by atoms with Gasteiger partial charge in [-0.2, -0.15) is 39.5 Å². The van der Waals surface area contributed by atoms with Crippen molar-refractivity contribution < 1.29 is 83.1 Å². The van der Waals surface area contributed by atoms with Gasteiger partial charge in [-0.1, -0.05) is 19.3 Å². The van der Waals surface area contributed by atoms with Crippen LogP contribution in [0, 0.1) is 30.3 Å². The van der Waals surface area contributed by atoms with Crippen LogP contribution in [-0.2, 0) is 32.9 Å². The third-order valence-corrected chi connectivity index (χ3v) is 12.0. The van der Waals surface area contributed by atoms with Crippen LogP contribution in [0.15, 0.2) is 54.6 Å². The van der Waals surface area contributed by atoms with Gasteiger partial charge in [-0.05, 0) is 90.8 Å². The number of hydrogen-bond acceptors (Lipinski definition) is 12. The van der Waals surface area contributed by atoms with Crippen LogP contribution in [0.4, 0.5) is 88.0 Å². The molecule has 0 spiro atoms. The van der Waals surface area contributed by atoms with Crippen LogP contribution in [0.25, 0.3) is 0 Å². The summed E-state index contributed by atoms with van der Waals surface area (Å²) in [7, 11) is 0. The standard InChI is InChI=1S/C31H32F6N6O8.C12H10F3N3O4/c1-28(2)24(44)40(18-10-12-22(42(48)49)20(16-18)30(32,33)34)26(46)38(28)14-8-6-5-7-9-15-39-27(47)41(25(45)29(39,3)4)19-11-13-23(43(50)51)21(17-19)31(35,36)37;1-11(2)9(19)17(10(20)16-11)6-3-4-8(18(21)22)7(5-6)12(13,14)15/h10-13,16-17H,5-9,14-15H2,1-4H3;3-5H,1-2H3,(H,16,20). The Labute approximate surface area is 405 Å². The van der Waals surface area contributed by atoms with Crippen molar-refractivity contribution in [1.82, 2.24) is 15.1 Å². The topological polar surface area (TPSA) is 260 Å². The molecule has 3 fully saturated rings. The molecule has 0 radical (unpaired) electrons. The van der Waals surface area contributed by atoms with E-state index >= 15 is 0 Å². The van der Waals surface area contributed by atoms with E-state index in [-0.39, 0.29) is 18.8 Å². The second-order valence-electron chi connectivity index (χ2n) is 18.1. The summed E-state index contributed by atoms with van der Waals surface area (Å²) < 4.78 is 120. The van der Waals surface area contributed by atoms with Crippen molar-refractivity contribution >= 4 is 69.9 Å². The fourth-order valence-electron chi connectivity index (χ4n) is 8.08. The van der Waals surface area contributed by atoms with Crippen LogP contribution in [0.3, 0.4) is 0 Å². The fraction of sp³-hybridized carbons (Fsp3) is 0.442. The van der Waals surface area contributed by atoms with Crippen LogP contribution in [-0.4, -0.2) is 90.1 Å². The lowest BCUT2D eigenvalue weighted by Gasteiger charge is -2.28. The number of nitrogens with zero attached hydrogens (tertiary/aromatic N) is 8. The summed E-state index contributed by atoms with van der Waals surface area (Å²) >= 11 is 0. The summed E-state index contributed by atoms with van der Waals surface area (Å²) in [5.41, 5.74) is -13.8. The fourth-order valence-corrected chi connectivity index (χ4v) is 8.08. The van der Waals surface area contributed by atoms with Gasteiger partial charge in [0, 0.05) is 31.3 Å². The summed E-state index contributed by atoms with van der Waals surface area (Å²) in [6.45, 7) is 8.55. The molecule has 3 aromatic rings. The molecule has 3 saturated heterocycles. The number of nitro groups is 3. The Morgan fingerprint density at radius 3 is 1.01 bits per heavy atom. The predicted molar refractivity (Wildman–Crippen MR) is 235 cm³/mol. The Kier molecular flexibility index (Phi) is 15.0. The van der Waals surface area contributed by atoms with Crippen molar-refractivity contribution in [2.45, 2.75) is 109 Å². The normalized spacial score (nSPS) is 17.6. The summed E-state index contributed by atoms with van der Waals surface area (Å²) in [4.78, 5) is 110. The lowest BCUT2D eigenvalue weighted by Crippen LogP contribution is -2.44. The molecule has 0 aromatic heterocycles. The molecule has 3 heterocycles. The number of urea groups is 3. The van der Waals surface area contributed by atoms with Gasteiger partial charge in [0.25, 0.3) is 34.8 Å². The minimum atomic E-state index is -5.12. The highest BCUT2D eigenvalue weighted by Crippen LogP contribution is 2.43. The minimum Gasteiger partial charge on any atom is -0.323 e. The molecule has 0 saturated carbocycles. The second-order valence-corrected chi connectivity index (χ2v) is 18.1. The van der Waals surface area contributed by atoms with Gasteiger partial charge in [-0.3, -0.25) is 44.7 Å². The first-order valence-electron chi connectivity index (χ1n) is 21.4. The van der Waals surface area contributed by atoms with Gasteiger partial charge in [-0.25, -0.2) is 29.1 Å². The minimum absolute atomic E-state index is 0.0451. The molecule has 1 N–H and O–H groups in total. The largest absolute Gasteiger partial charge is 0.423 e. The molecule has 30 heteroatoms. The first-order valence-corrected chi connectivity index (χ1v) is 21.4. The van der Waals surface area contributed by atoms with Crippen LogP contribution in [0.1, 0.15) is 90.3 Å². The maximum absolute atomic E-state index is 13.5. The Bertz CT molecular complexity index is 2690. The van der Waals surface area contributed by atoms with Crippen molar-refractivity contribution in [3.8, 4) is 0 Å². The summed E-state index contributed by atoms with van der Waals surface area (Å²) in [6, 6.07) is 3.00. The lowest BCUT2D eigenvalue weighted by atomic mass is 10.0. The molecule has 0 bridgehead atoms. The zero-order valence-corrected chi connectivity index (χ0v) is 39.0. The van der Waals surface area contributed by atoms with Crippen molar-refractivity contribution in [2.75, 3.05) is 27.8 Å². The van der Waals surface area contributed by atoms with Gasteiger partial charge in [0.2, 0.25) is 0 Å². The van der Waals surface area contributed by atoms with E-state index in [1.165, 1.54) is 51.3 Å². The molecular formula is C43H42F9N9O12. The number of rotatable bonds is 14. The maximum atomic E-state index is 13.5. The van der Waals surface area contributed by atoms with Crippen LogP contribution in [0.5, 0.6) is 0 Å². The SMILES string of the molecule is CC1(C)C(=O)N(c2ccc([N+](=O)[O-])c(C(F)(F)F)c2)C(=O)N1CCCCCCCN1C(=O)N(c2ccc([N+](=O)[O-])c(C(F)(F)F)c2)C(=O)C1(C)C.CC1(C)NC(=O)N(c2ccc([N+](=O)[O-])c(C(F)(F)F)c2)C1=O. The molecule has 21 nitrogen and oxygen atoms in total. The quantitative estimate of drug-likeness (QED) is 0.0520. The molecule has 394 valence electrons. The Morgan fingerprint density at radius 2 is 0.753 bits per heavy atom. The molecular weight excluding hydrogens is 1010 g/mol. The number of alkyl halides is 9. The third-order valence-electron chi connectivity index (χ3n) is 12.0. The number of carbonyl (C=O) groups is 6. The van der Waals surface area contributed by atoms with Crippen molar-refractivity contribution in [2.24, 2.45) is 0 Å². The zero-order valence-electron chi connectivity index (χ0n) is 39.0. The highest BCUT2D eigenvalue weighted by molar-refractivity contribution is 6.24. The van der Waals surface area contributed by atoms with Crippen LogP contribution in [0.2, 0.25) is 0 Å². The molecule has 3 aromatic carbocycles. The highest BCUT2D eigenvalue weighted by Gasteiger charge is 2.54.